The van der Waals surface area contributed by atoms with Gasteiger partial charge in [-0.25, -0.2) is 0 Å². The summed E-state index contributed by atoms with van der Waals surface area (Å²) in [7, 11) is 1.26. The molecule has 6 heteroatoms. The third-order valence-electron chi connectivity index (χ3n) is 2.98. The lowest BCUT2D eigenvalue weighted by Gasteiger charge is -2.12. The van der Waals surface area contributed by atoms with Crippen LogP contribution in [0.15, 0.2) is 18.2 Å². The van der Waals surface area contributed by atoms with Gasteiger partial charge in [-0.3, -0.25) is 9.59 Å². The molecule has 1 unspecified atom stereocenters. The highest BCUT2D eigenvalue weighted by Crippen LogP contribution is 2.30. The Labute approximate surface area is 116 Å². The number of fused-ring (bicyclic) bond motifs is 1. The molecule has 0 spiro atoms. The largest absolute Gasteiger partial charge is 0.490 e. The first-order valence-electron chi connectivity index (χ1n) is 6.38. The standard InChI is InChI=1S/C14H17NO5/c1-18-13(16)8-10(15)14(17)9-3-4-11-12(7-9)20-6-2-5-19-11/h3-4,7,10H,2,5-6,8,15H2,1H3. The molecule has 0 bridgehead atoms. The number of ether oxygens (including phenoxy) is 3. The number of hydrogen-bond acceptors (Lipinski definition) is 6. The van der Waals surface area contributed by atoms with Crippen LogP contribution in [0.3, 0.4) is 0 Å². The van der Waals surface area contributed by atoms with E-state index in [4.69, 9.17) is 15.2 Å². The first-order chi connectivity index (χ1) is 9.61. The van der Waals surface area contributed by atoms with Crippen molar-refractivity contribution in [3.63, 3.8) is 0 Å². The summed E-state index contributed by atoms with van der Waals surface area (Å²) < 4.78 is 15.5. The number of hydrogen-bond donors (Lipinski definition) is 1. The van der Waals surface area contributed by atoms with Gasteiger partial charge in [-0.15, -0.1) is 0 Å². The lowest BCUT2D eigenvalue weighted by molar-refractivity contribution is -0.140. The van der Waals surface area contributed by atoms with E-state index in [2.05, 4.69) is 4.74 Å². The number of Topliss-reactive ketones (excluding diaryl/α,β-unsaturated/α-hetero) is 1. The summed E-state index contributed by atoms with van der Waals surface area (Å²) in [6.45, 7) is 1.13. The predicted octanol–water partition coefficient (Wildman–Crippen LogP) is 0.921. The van der Waals surface area contributed by atoms with Crippen molar-refractivity contribution in [3.8, 4) is 11.5 Å². The molecule has 0 aliphatic carbocycles. The highest BCUT2D eigenvalue weighted by atomic mass is 16.5. The predicted molar refractivity (Wildman–Crippen MR) is 71.0 cm³/mol. The third kappa shape index (κ3) is 3.27. The zero-order valence-electron chi connectivity index (χ0n) is 11.3. The molecule has 108 valence electrons. The second kappa shape index (κ2) is 6.38. The monoisotopic (exact) mass is 279 g/mol. The van der Waals surface area contributed by atoms with Gasteiger partial charge < -0.3 is 19.9 Å². The zero-order chi connectivity index (χ0) is 14.5. The molecular formula is C14H17NO5. The summed E-state index contributed by atoms with van der Waals surface area (Å²) in [5, 5.41) is 0. The van der Waals surface area contributed by atoms with Gasteiger partial charge >= 0.3 is 5.97 Å². The molecular weight excluding hydrogens is 262 g/mol. The number of ketones is 1. The Morgan fingerprint density at radius 3 is 2.70 bits per heavy atom. The lowest BCUT2D eigenvalue weighted by atomic mass is 10.0. The minimum absolute atomic E-state index is 0.149. The molecule has 0 aromatic heterocycles. The molecule has 1 aromatic rings. The van der Waals surface area contributed by atoms with Gasteiger partial charge in [-0.05, 0) is 18.2 Å². The van der Waals surface area contributed by atoms with E-state index in [9.17, 15) is 9.59 Å². The molecule has 1 heterocycles. The average molecular weight is 279 g/mol. The fourth-order valence-corrected chi connectivity index (χ4v) is 1.89. The first-order valence-corrected chi connectivity index (χ1v) is 6.38. The lowest BCUT2D eigenvalue weighted by Crippen LogP contribution is -2.33. The van der Waals surface area contributed by atoms with E-state index in [0.29, 0.717) is 30.3 Å². The minimum Gasteiger partial charge on any atom is -0.490 e. The van der Waals surface area contributed by atoms with Gasteiger partial charge in [-0.2, -0.15) is 0 Å². The topological polar surface area (TPSA) is 87.9 Å². The van der Waals surface area contributed by atoms with Gasteiger partial charge in [-0.1, -0.05) is 0 Å². The van der Waals surface area contributed by atoms with Crippen LogP contribution in [0, 0.1) is 0 Å². The van der Waals surface area contributed by atoms with Crippen LogP contribution in [-0.2, 0) is 9.53 Å². The Kier molecular flexibility index (Phi) is 4.57. The van der Waals surface area contributed by atoms with Gasteiger partial charge in [0.1, 0.15) is 0 Å². The summed E-state index contributed by atoms with van der Waals surface area (Å²) in [6.07, 6.45) is 0.642. The van der Waals surface area contributed by atoms with Crippen molar-refractivity contribution in [2.45, 2.75) is 18.9 Å². The number of carbonyl (C=O) groups excluding carboxylic acids is 2. The average Bonchev–Trinajstić information content (AvgIpc) is 2.70. The fraction of sp³-hybridized carbons (Fsp3) is 0.429. The number of benzene rings is 1. The molecule has 0 amide bonds. The van der Waals surface area contributed by atoms with Crippen LogP contribution in [0.5, 0.6) is 11.5 Å². The molecule has 1 atom stereocenters. The van der Waals surface area contributed by atoms with E-state index in [1.54, 1.807) is 18.2 Å². The SMILES string of the molecule is COC(=O)CC(N)C(=O)c1ccc2c(c1)OCCCO2. The maximum absolute atomic E-state index is 12.1. The molecule has 2 N–H and O–H groups in total. The van der Waals surface area contributed by atoms with Crippen LogP contribution in [0.2, 0.25) is 0 Å². The second-order valence-electron chi connectivity index (χ2n) is 4.46. The summed E-state index contributed by atoms with van der Waals surface area (Å²) in [6, 6.07) is 3.97. The second-order valence-corrected chi connectivity index (χ2v) is 4.46. The highest BCUT2D eigenvalue weighted by Gasteiger charge is 2.21. The van der Waals surface area contributed by atoms with Gasteiger partial charge in [0.2, 0.25) is 0 Å². The molecule has 6 nitrogen and oxygen atoms in total. The molecule has 1 aliphatic rings. The normalized spacial score (nSPS) is 15.1. The van der Waals surface area contributed by atoms with E-state index >= 15 is 0 Å². The van der Waals surface area contributed by atoms with Crippen molar-refractivity contribution in [2.75, 3.05) is 20.3 Å². The smallest absolute Gasteiger partial charge is 0.307 e. The molecule has 0 fully saturated rings. The summed E-state index contributed by atoms with van der Waals surface area (Å²) in [4.78, 5) is 23.3. The van der Waals surface area contributed by atoms with Crippen molar-refractivity contribution in [2.24, 2.45) is 5.73 Å². The number of rotatable bonds is 4. The Morgan fingerprint density at radius 2 is 2.00 bits per heavy atom. The molecule has 1 aliphatic heterocycles. The van der Waals surface area contributed by atoms with Crippen molar-refractivity contribution >= 4 is 11.8 Å². The quantitative estimate of drug-likeness (QED) is 0.651. The number of methoxy groups -OCH3 is 1. The molecule has 20 heavy (non-hydrogen) atoms. The maximum Gasteiger partial charge on any atom is 0.307 e. The van der Waals surface area contributed by atoms with E-state index in [-0.39, 0.29) is 12.2 Å². The number of nitrogens with two attached hydrogens (primary N) is 1. The Hall–Kier alpha value is -2.08. The third-order valence-corrected chi connectivity index (χ3v) is 2.98. The Morgan fingerprint density at radius 1 is 1.30 bits per heavy atom. The summed E-state index contributed by atoms with van der Waals surface area (Å²) in [5.74, 6) is 0.297. The molecule has 0 saturated heterocycles. The zero-order valence-corrected chi connectivity index (χ0v) is 11.3. The van der Waals surface area contributed by atoms with Crippen molar-refractivity contribution in [1.29, 1.82) is 0 Å². The van der Waals surface area contributed by atoms with Crippen LogP contribution in [0.25, 0.3) is 0 Å². The number of carbonyl (C=O) groups is 2. The molecule has 1 aromatic carbocycles. The van der Waals surface area contributed by atoms with E-state index in [0.717, 1.165) is 6.42 Å². The van der Waals surface area contributed by atoms with Crippen LogP contribution < -0.4 is 15.2 Å². The van der Waals surface area contributed by atoms with E-state index < -0.39 is 12.0 Å². The van der Waals surface area contributed by atoms with Crippen molar-refractivity contribution in [1.82, 2.24) is 0 Å². The number of esters is 1. The Bertz CT molecular complexity index is 514. The maximum atomic E-state index is 12.1. The van der Waals surface area contributed by atoms with Gasteiger partial charge in [0.05, 0.1) is 32.8 Å². The summed E-state index contributed by atoms with van der Waals surface area (Å²) >= 11 is 0. The van der Waals surface area contributed by atoms with Crippen LogP contribution in [-0.4, -0.2) is 38.1 Å². The van der Waals surface area contributed by atoms with Crippen molar-refractivity contribution in [3.05, 3.63) is 23.8 Å². The summed E-state index contributed by atoms with van der Waals surface area (Å²) in [5.41, 5.74) is 6.10. The minimum atomic E-state index is -0.924. The van der Waals surface area contributed by atoms with E-state index in [1.165, 1.54) is 7.11 Å². The van der Waals surface area contributed by atoms with Crippen LogP contribution >= 0.6 is 0 Å². The molecule has 0 saturated carbocycles. The van der Waals surface area contributed by atoms with Crippen molar-refractivity contribution < 1.29 is 23.8 Å². The molecule has 0 radical (unpaired) electrons. The fourth-order valence-electron chi connectivity index (χ4n) is 1.89. The Balaban J connectivity index is 2.14. The van der Waals surface area contributed by atoms with Gasteiger partial charge in [0.25, 0.3) is 0 Å². The van der Waals surface area contributed by atoms with E-state index in [1.807, 2.05) is 0 Å². The van der Waals surface area contributed by atoms with Crippen LogP contribution in [0.1, 0.15) is 23.2 Å². The van der Waals surface area contributed by atoms with Crippen LogP contribution in [0.4, 0.5) is 0 Å². The highest BCUT2D eigenvalue weighted by molar-refractivity contribution is 6.02. The van der Waals surface area contributed by atoms with Gasteiger partial charge in [0.15, 0.2) is 17.3 Å². The first kappa shape index (κ1) is 14.3. The molecule has 2 rings (SSSR count). The van der Waals surface area contributed by atoms with Gasteiger partial charge in [0, 0.05) is 12.0 Å².